The fraction of sp³-hybridized carbons (Fsp3) is 0. The monoisotopic (exact) mass is 380 g/mol. The molecule has 0 saturated heterocycles. The summed E-state index contributed by atoms with van der Waals surface area (Å²) in [5.41, 5.74) is 0. The number of phenolic OH excluding ortho intramolecular Hbond substituents is 1. The molecule has 0 aliphatic heterocycles. The first kappa shape index (κ1) is 22.9. The first-order valence-corrected chi connectivity index (χ1v) is 6.92. The Balaban J connectivity index is 0.00000200. The second kappa shape index (κ2) is 10.0. The van der Waals surface area contributed by atoms with Crippen LogP contribution in [0.3, 0.4) is 0 Å². The van der Waals surface area contributed by atoms with Crippen LogP contribution >= 0.6 is 12.0 Å². The number of hydrogen-bond donors (Lipinski definition) is 1. The van der Waals surface area contributed by atoms with Crippen molar-refractivity contribution < 1.29 is 135 Å². The minimum Gasteiger partial charge on any atom is -0.744 e. The molecule has 7 nitrogen and oxygen atoms in total. The van der Waals surface area contributed by atoms with E-state index < -0.39 is 15.0 Å². The zero-order valence-electron chi connectivity index (χ0n) is 11.1. The van der Waals surface area contributed by atoms with E-state index in [1.54, 1.807) is 0 Å². The number of benzene rings is 2. The predicted octanol–water partition coefficient (Wildman–Crippen LogP) is -5.31. The molecule has 0 unspecified atom stereocenters. The van der Waals surface area contributed by atoms with E-state index in [4.69, 9.17) is 0 Å². The molecule has 0 amide bonds. The van der Waals surface area contributed by atoms with Crippen molar-refractivity contribution in [2.24, 2.45) is 0 Å². The average molecular weight is 380 g/mol. The van der Waals surface area contributed by atoms with E-state index in [-0.39, 0.29) is 119 Å². The van der Waals surface area contributed by atoms with Gasteiger partial charge in [0.15, 0.2) is 0 Å². The summed E-state index contributed by atoms with van der Waals surface area (Å²) in [6, 6.07) is 6.45. The second-order valence-corrected chi connectivity index (χ2v) is 5.62. The molecule has 0 saturated carbocycles. The topological polar surface area (TPSA) is 119 Å². The van der Waals surface area contributed by atoms with E-state index in [9.17, 15) is 23.3 Å². The van der Waals surface area contributed by atoms with Crippen LogP contribution in [-0.4, -0.2) is 18.1 Å². The van der Waals surface area contributed by atoms with E-state index in [0.29, 0.717) is 17.4 Å². The third-order valence-corrected chi connectivity index (χ3v) is 3.73. The van der Waals surface area contributed by atoms with E-state index in [2.05, 4.69) is 9.37 Å². The van der Waals surface area contributed by atoms with Crippen molar-refractivity contribution >= 4 is 32.9 Å². The maximum atomic E-state index is 11.2. The first-order chi connectivity index (χ1) is 8.91. The van der Waals surface area contributed by atoms with Gasteiger partial charge in [-0.3, -0.25) is 5.04 Å². The van der Waals surface area contributed by atoms with Crippen LogP contribution in [0, 0.1) is 0 Å². The summed E-state index contributed by atoms with van der Waals surface area (Å²) in [5.74, 6) is -0.169. The van der Waals surface area contributed by atoms with Gasteiger partial charge in [0.1, 0.15) is 15.9 Å². The molecule has 0 aliphatic carbocycles. The molecule has 0 bridgehead atoms. The van der Waals surface area contributed by atoms with Crippen molar-refractivity contribution in [2.45, 2.75) is 9.79 Å². The Morgan fingerprint density at radius 3 is 2.38 bits per heavy atom. The van der Waals surface area contributed by atoms with Crippen molar-refractivity contribution in [1.29, 1.82) is 0 Å². The normalized spacial score (nSPS) is 10.8. The van der Waals surface area contributed by atoms with Gasteiger partial charge in [-0.15, -0.1) is 0 Å². The number of rotatable bonds is 4. The fourth-order valence-corrected chi connectivity index (χ4v) is 2.83. The third kappa shape index (κ3) is 6.38. The van der Waals surface area contributed by atoms with Gasteiger partial charge in [0.25, 0.3) is 0 Å². The second-order valence-electron chi connectivity index (χ2n) is 3.50. The zero-order valence-corrected chi connectivity index (χ0v) is 19.0. The van der Waals surface area contributed by atoms with Gasteiger partial charge in [-0.25, -0.2) is 8.42 Å². The number of phenols is 1. The number of aromatic hydroxyl groups is 1. The molecule has 0 aliphatic rings. The molecule has 0 spiro atoms. The molecule has 2 aromatic rings. The van der Waals surface area contributed by atoms with Gasteiger partial charge in [-0.2, -0.15) is 4.33 Å². The van der Waals surface area contributed by atoms with Gasteiger partial charge in [-0.1, -0.05) is 6.07 Å². The van der Waals surface area contributed by atoms with Crippen molar-refractivity contribution in [1.82, 2.24) is 0 Å². The Morgan fingerprint density at radius 2 is 1.81 bits per heavy atom. The molecule has 0 aromatic heterocycles. The molecule has 0 fully saturated rings. The van der Waals surface area contributed by atoms with Crippen molar-refractivity contribution in [3.05, 3.63) is 30.3 Å². The van der Waals surface area contributed by atoms with Crippen molar-refractivity contribution in [3.8, 4) is 5.75 Å². The first-order valence-electron chi connectivity index (χ1n) is 4.77. The maximum Gasteiger partial charge on any atom is 1.00 e. The Hall–Kier alpha value is 1.91. The van der Waals surface area contributed by atoms with Gasteiger partial charge in [0, 0.05) is 10.3 Å². The largest absolute Gasteiger partial charge is 1.00 e. The maximum absolute atomic E-state index is 11.2. The van der Waals surface area contributed by atoms with Gasteiger partial charge < -0.3 is 14.9 Å². The minimum atomic E-state index is -4.74. The van der Waals surface area contributed by atoms with Crippen LogP contribution < -0.4 is 108 Å². The number of fused-ring (bicyclic) bond motifs is 1. The average Bonchev–Trinajstić information content (AvgIpc) is 2.34. The fourth-order valence-electron chi connectivity index (χ4n) is 1.59. The van der Waals surface area contributed by atoms with Gasteiger partial charge in [0.05, 0.1) is 16.9 Å². The van der Waals surface area contributed by atoms with E-state index in [1.165, 1.54) is 24.3 Å². The summed E-state index contributed by atoms with van der Waals surface area (Å²) < 4.78 is 37.7. The Morgan fingerprint density at radius 1 is 1.14 bits per heavy atom. The van der Waals surface area contributed by atoms with Crippen LogP contribution in [0.2, 0.25) is 0 Å². The summed E-state index contributed by atoms with van der Waals surface area (Å²) in [6.45, 7) is 0. The molecule has 11 heteroatoms. The van der Waals surface area contributed by atoms with Crippen LogP contribution in [0.25, 0.3) is 10.8 Å². The van der Waals surface area contributed by atoms with Crippen LogP contribution in [-0.2, 0) is 19.5 Å². The third-order valence-electron chi connectivity index (χ3n) is 2.30. The number of hydrogen-bond acceptors (Lipinski definition) is 8. The predicted molar refractivity (Wildman–Crippen MR) is 61.6 cm³/mol. The molecular formula is C10H6K2O7S2. The molecule has 0 atom stereocenters. The molecule has 0 heterocycles. The molecule has 21 heavy (non-hydrogen) atoms. The minimum absolute atomic E-state index is 0. The molecule has 2 aromatic carbocycles. The molecular weight excluding hydrogens is 374 g/mol. The Bertz CT molecular complexity index is 721. The smallest absolute Gasteiger partial charge is 0.744 e. The standard InChI is InChI=1S/C10H8O7S2.2K/c11-7-2-1-6-3-8(18-17-16-12)5-10(9(6)4-7)19(13,14)15;;/h1-5,11-12H,(H,13,14,15);;/q;2*+1/p-2. The zero-order chi connectivity index (χ0) is 14.0. The molecule has 2 rings (SSSR count). The summed E-state index contributed by atoms with van der Waals surface area (Å²) in [5, 5.41) is 22.7. The van der Waals surface area contributed by atoms with E-state index in [1.807, 2.05) is 0 Å². The molecule has 1 N–H and O–H groups in total. The quantitative estimate of drug-likeness (QED) is 0.184. The summed E-state index contributed by atoms with van der Waals surface area (Å²) >= 11 is 0.469. The van der Waals surface area contributed by atoms with Crippen molar-refractivity contribution in [3.63, 3.8) is 0 Å². The van der Waals surface area contributed by atoms with Crippen LogP contribution in [0.4, 0.5) is 0 Å². The summed E-state index contributed by atoms with van der Waals surface area (Å²) in [4.78, 5) is -0.318. The van der Waals surface area contributed by atoms with E-state index >= 15 is 0 Å². The van der Waals surface area contributed by atoms with E-state index in [0.717, 1.165) is 6.07 Å². The summed E-state index contributed by atoms with van der Waals surface area (Å²) in [6.07, 6.45) is 0. The van der Waals surface area contributed by atoms with Crippen LogP contribution in [0.1, 0.15) is 0 Å². The van der Waals surface area contributed by atoms with Gasteiger partial charge in [-0.05, 0) is 29.7 Å². The molecule has 0 radical (unpaired) electrons. The summed E-state index contributed by atoms with van der Waals surface area (Å²) in [7, 11) is -4.74. The van der Waals surface area contributed by atoms with Crippen LogP contribution in [0.5, 0.6) is 5.75 Å². The van der Waals surface area contributed by atoms with Crippen molar-refractivity contribution in [2.75, 3.05) is 0 Å². The van der Waals surface area contributed by atoms with Gasteiger partial charge >= 0.3 is 103 Å². The SMILES string of the molecule is O=S(=O)([O-])c1cc(SOO[O-])cc2ccc(O)cc12.[K+].[K+]. The van der Waals surface area contributed by atoms with Crippen LogP contribution in [0.15, 0.2) is 40.1 Å². The van der Waals surface area contributed by atoms with Gasteiger partial charge in [0.2, 0.25) is 0 Å². The molecule has 102 valence electrons. The Kier molecular flexibility index (Phi) is 10.9. The Labute approximate surface area is 210 Å².